The van der Waals surface area contributed by atoms with Gasteiger partial charge in [0.1, 0.15) is 11.8 Å². The van der Waals surface area contributed by atoms with E-state index in [1.807, 2.05) is 0 Å². The summed E-state index contributed by atoms with van der Waals surface area (Å²) in [7, 11) is -4.00. The Balaban J connectivity index is 2.07. The highest BCUT2D eigenvalue weighted by Gasteiger charge is 2.42. The molecule has 0 aliphatic heterocycles. The SMILES string of the molecule is CCCCCOC(=O)[C@H](C)NP(=O)(Oc1ccccc1)O[C@@H]1CC[C@H](O)[C@H]1CO. The molecule has 1 aliphatic rings. The van der Waals surface area contributed by atoms with Gasteiger partial charge in [0.15, 0.2) is 0 Å². The monoisotopic (exact) mass is 429 g/mol. The molecule has 0 bridgehead atoms. The fourth-order valence-electron chi connectivity index (χ4n) is 3.20. The third-order valence-electron chi connectivity index (χ3n) is 4.87. The minimum atomic E-state index is -4.00. The van der Waals surface area contributed by atoms with Crippen LogP contribution in [0.2, 0.25) is 0 Å². The third-order valence-corrected chi connectivity index (χ3v) is 6.57. The van der Waals surface area contributed by atoms with Gasteiger partial charge in [0.2, 0.25) is 0 Å². The molecule has 3 N–H and O–H groups in total. The number of rotatable bonds is 12. The van der Waals surface area contributed by atoms with Crippen molar-refractivity contribution in [2.45, 2.75) is 64.2 Å². The lowest BCUT2D eigenvalue weighted by Gasteiger charge is -2.27. The number of aliphatic hydroxyl groups excluding tert-OH is 2. The van der Waals surface area contributed by atoms with Crippen LogP contribution in [0.25, 0.3) is 0 Å². The molecular formula is C20H32NO7P. The van der Waals surface area contributed by atoms with Crippen molar-refractivity contribution >= 4 is 13.7 Å². The number of carbonyl (C=O) groups excluding carboxylic acids is 1. The van der Waals surface area contributed by atoms with Crippen molar-refractivity contribution in [3.05, 3.63) is 30.3 Å². The second-order valence-corrected chi connectivity index (χ2v) is 8.91. The number of carbonyl (C=O) groups is 1. The molecule has 5 atom stereocenters. The molecule has 0 saturated heterocycles. The Morgan fingerprint density at radius 3 is 2.66 bits per heavy atom. The van der Waals surface area contributed by atoms with Crippen molar-refractivity contribution in [2.24, 2.45) is 5.92 Å². The van der Waals surface area contributed by atoms with E-state index < -0.39 is 37.9 Å². The molecule has 0 aromatic heterocycles. The number of nitrogens with one attached hydrogen (secondary N) is 1. The van der Waals surface area contributed by atoms with Gasteiger partial charge >= 0.3 is 13.7 Å². The largest absolute Gasteiger partial charge is 0.465 e. The van der Waals surface area contributed by atoms with E-state index >= 15 is 0 Å². The molecule has 1 unspecified atom stereocenters. The van der Waals surface area contributed by atoms with E-state index in [4.69, 9.17) is 13.8 Å². The summed E-state index contributed by atoms with van der Waals surface area (Å²) in [6, 6.07) is 7.56. The Kier molecular flexibility index (Phi) is 9.59. The van der Waals surface area contributed by atoms with Gasteiger partial charge in [0.25, 0.3) is 0 Å². The molecule has 1 fully saturated rings. The predicted molar refractivity (Wildman–Crippen MR) is 108 cm³/mol. The molecule has 0 radical (unpaired) electrons. The van der Waals surface area contributed by atoms with Gasteiger partial charge in [-0.05, 0) is 38.3 Å². The molecule has 2 rings (SSSR count). The van der Waals surface area contributed by atoms with Crippen LogP contribution >= 0.6 is 7.75 Å². The predicted octanol–water partition coefficient (Wildman–Crippen LogP) is 3.03. The topological polar surface area (TPSA) is 114 Å². The molecule has 0 amide bonds. The Morgan fingerprint density at radius 2 is 2.00 bits per heavy atom. The molecule has 1 aromatic rings. The van der Waals surface area contributed by atoms with E-state index in [0.717, 1.165) is 19.3 Å². The van der Waals surface area contributed by atoms with Crippen molar-refractivity contribution in [2.75, 3.05) is 13.2 Å². The standard InChI is InChI=1S/C20H32NO7P/c1-3-4-8-13-26-20(24)15(2)21-29(25,27-16-9-6-5-7-10-16)28-19-12-11-18(23)17(19)14-22/h5-7,9-10,15,17-19,22-23H,3-4,8,11-14H2,1-2H3,(H,21,25)/t15-,17+,18-,19+,29?/m0/s1. The normalized spacial score (nSPS) is 24.6. The van der Waals surface area contributed by atoms with E-state index in [2.05, 4.69) is 12.0 Å². The Morgan fingerprint density at radius 1 is 1.28 bits per heavy atom. The van der Waals surface area contributed by atoms with E-state index in [9.17, 15) is 19.6 Å². The lowest BCUT2D eigenvalue weighted by molar-refractivity contribution is -0.145. The minimum Gasteiger partial charge on any atom is -0.465 e. The van der Waals surface area contributed by atoms with E-state index in [0.29, 0.717) is 25.2 Å². The lowest BCUT2D eigenvalue weighted by atomic mass is 10.1. The summed E-state index contributed by atoms with van der Waals surface area (Å²) < 4.78 is 30.0. The van der Waals surface area contributed by atoms with Gasteiger partial charge in [-0.15, -0.1) is 0 Å². The fraction of sp³-hybridized carbons (Fsp3) is 0.650. The number of ether oxygens (including phenoxy) is 1. The van der Waals surface area contributed by atoms with Gasteiger partial charge < -0.3 is 19.5 Å². The van der Waals surface area contributed by atoms with Crippen molar-refractivity contribution in [3.8, 4) is 5.75 Å². The molecule has 1 saturated carbocycles. The summed E-state index contributed by atoms with van der Waals surface area (Å²) >= 11 is 0. The van der Waals surface area contributed by atoms with E-state index in [-0.39, 0.29) is 6.61 Å². The number of aliphatic hydroxyl groups is 2. The zero-order valence-electron chi connectivity index (χ0n) is 17.0. The van der Waals surface area contributed by atoms with Gasteiger partial charge in [-0.1, -0.05) is 38.0 Å². The quantitative estimate of drug-likeness (QED) is 0.264. The van der Waals surface area contributed by atoms with E-state index in [1.165, 1.54) is 6.92 Å². The summed E-state index contributed by atoms with van der Waals surface area (Å²) in [5.74, 6) is -0.807. The first-order valence-corrected chi connectivity index (χ1v) is 11.7. The molecule has 29 heavy (non-hydrogen) atoms. The van der Waals surface area contributed by atoms with Crippen molar-refractivity contribution in [1.29, 1.82) is 0 Å². The Hall–Kier alpha value is -1.44. The minimum absolute atomic E-state index is 0.296. The lowest BCUT2D eigenvalue weighted by Crippen LogP contribution is -2.37. The van der Waals surface area contributed by atoms with Crippen LogP contribution in [0.4, 0.5) is 0 Å². The van der Waals surface area contributed by atoms with Crippen molar-refractivity contribution < 1.29 is 33.4 Å². The van der Waals surface area contributed by atoms with E-state index in [1.54, 1.807) is 30.3 Å². The Labute approximate surface area is 172 Å². The smallest absolute Gasteiger partial charge is 0.459 e. The van der Waals surface area contributed by atoms with Gasteiger partial charge in [-0.3, -0.25) is 9.32 Å². The highest BCUT2D eigenvalue weighted by atomic mass is 31.2. The van der Waals surface area contributed by atoms with Gasteiger partial charge in [-0.2, -0.15) is 5.09 Å². The van der Waals surface area contributed by atoms with Crippen LogP contribution in [0, 0.1) is 5.92 Å². The number of unbranched alkanes of at least 4 members (excludes halogenated alkanes) is 2. The Bertz CT molecular complexity index is 672. The third kappa shape index (κ3) is 7.39. The second kappa shape index (κ2) is 11.7. The molecule has 1 aromatic carbocycles. The molecule has 164 valence electrons. The van der Waals surface area contributed by atoms with Crippen molar-refractivity contribution in [1.82, 2.24) is 5.09 Å². The van der Waals surface area contributed by atoms with Crippen LogP contribution in [0.3, 0.4) is 0 Å². The number of benzene rings is 1. The van der Waals surface area contributed by atoms with Crippen LogP contribution < -0.4 is 9.61 Å². The molecule has 1 aliphatic carbocycles. The average Bonchev–Trinajstić information content (AvgIpc) is 3.04. The first-order valence-electron chi connectivity index (χ1n) is 10.1. The van der Waals surface area contributed by atoms with Crippen LogP contribution in [-0.4, -0.2) is 47.6 Å². The number of esters is 1. The molecule has 0 heterocycles. The second-order valence-electron chi connectivity index (χ2n) is 7.26. The van der Waals surface area contributed by atoms with Crippen LogP contribution in [0.5, 0.6) is 5.75 Å². The van der Waals surface area contributed by atoms with Gasteiger partial charge in [0.05, 0.1) is 25.4 Å². The summed E-state index contributed by atoms with van der Waals surface area (Å²) in [5.41, 5.74) is 0. The van der Waals surface area contributed by atoms with Crippen LogP contribution in [0.1, 0.15) is 46.0 Å². The van der Waals surface area contributed by atoms with Gasteiger partial charge in [0, 0.05) is 5.92 Å². The molecule has 9 heteroatoms. The van der Waals surface area contributed by atoms with Crippen LogP contribution in [-0.2, 0) is 18.6 Å². The van der Waals surface area contributed by atoms with Crippen LogP contribution in [0.15, 0.2) is 30.3 Å². The summed E-state index contributed by atoms with van der Waals surface area (Å²) in [6.07, 6.45) is 2.18. The number of hydrogen-bond acceptors (Lipinski definition) is 7. The maximum absolute atomic E-state index is 13.5. The fourth-order valence-corrected chi connectivity index (χ4v) is 4.95. The number of hydrogen-bond donors (Lipinski definition) is 3. The maximum atomic E-state index is 13.5. The summed E-state index contributed by atoms with van der Waals surface area (Å²) in [6.45, 7) is 3.58. The summed E-state index contributed by atoms with van der Waals surface area (Å²) in [5, 5.41) is 22.2. The summed E-state index contributed by atoms with van der Waals surface area (Å²) in [4.78, 5) is 12.2. The number of para-hydroxylation sites is 1. The highest BCUT2D eigenvalue weighted by Crippen LogP contribution is 2.49. The maximum Gasteiger partial charge on any atom is 0.459 e. The zero-order chi connectivity index (χ0) is 21.3. The van der Waals surface area contributed by atoms with Gasteiger partial charge in [-0.25, -0.2) is 4.57 Å². The molecule has 8 nitrogen and oxygen atoms in total. The highest BCUT2D eigenvalue weighted by molar-refractivity contribution is 7.52. The molecule has 0 spiro atoms. The average molecular weight is 429 g/mol. The molecular weight excluding hydrogens is 397 g/mol. The first kappa shape index (κ1) is 23.8. The first-order chi connectivity index (χ1) is 13.9. The van der Waals surface area contributed by atoms with Crippen molar-refractivity contribution in [3.63, 3.8) is 0 Å². The zero-order valence-corrected chi connectivity index (χ0v) is 17.9.